The third kappa shape index (κ3) is 13.8. The topological polar surface area (TPSA) is 51.4 Å². The first-order valence-corrected chi connectivity index (χ1v) is 37.3. The zero-order valence-corrected chi connectivity index (χ0v) is 60.9. The number of fused-ring (bicyclic) bond motifs is 15. The van der Waals surface area contributed by atoms with E-state index in [-0.39, 0.29) is 14.3 Å². The van der Waals surface area contributed by atoms with Crippen LogP contribution in [-0.4, -0.2) is 145 Å². The van der Waals surface area contributed by atoms with Gasteiger partial charge >= 0.3 is 0 Å². The summed E-state index contributed by atoms with van der Waals surface area (Å²) in [7, 11) is 58.4. The number of furan rings is 2. The Morgan fingerprint density at radius 2 is 0.649 bits per heavy atom. The number of aromatic nitrogens is 2. The second kappa shape index (κ2) is 31.3. The Labute approximate surface area is 678 Å². The van der Waals surface area contributed by atoms with Crippen LogP contribution in [0.25, 0.3) is 143 Å². The van der Waals surface area contributed by atoms with Crippen LogP contribution < -0.4 is 10.2 Å². The second-order valence-corrected chi connectivity index (χ2v) is 28.4. The Morgan fingerprint density at radius 3 is 1.09 bits per heavy atom. The van der Waals surface area contributed by atoms with Gasteiger partial charge in [0.2, 0.25) is 0 Å². The predicted octanol–water partition coefficient (Wildman–Crippen LogP) is 19.4. The van der Waals surface area contributed by atoms with Crippen molar-refractivity contribution in [3.8, 4) is 33.6 Å². The summed E-state index contributed by atoms with van der Waals surface area (Å²) in [6.07, 6.45) is -5.72. The van der Waals surface area contributed by atoms with E-state index in [1.54, 1.807) is 0 Å². The fraction of sp³-hybridized carbons (Fsp3) is 0. The predicted molar refractivity (Wildman–Crippen MR) is 517 cm³/mol. The third-order valence-corrected chi connectivity index (χ3v) is 21.7. The molecule has 1 N–H and O–H groups in total. The van der Waals surface area contributed by atoms with E-state index in [4.69, 9.17) is 86.2 Å². The molecule has 25 heteroatoms. The zero-order chi connectivity index (χ0) is 76.0. The van der Waals surface area contributed by atoms with Gasteiger partial charge in [0.15, 0.2) is 0 Å². The maximum Gasteiger partial charge on any atom is 0.143 e. The van der Waals surface area contributed by atoms with Gasteiger partial charge in [-0.15, -0.1) is 0 Å². The SMILES string of the molecule is [B][B]B([B])B(B(B([B])[B])B([B])[B])B(B([B])[B])B([B])[B].[HH].[HH].[HH].[HH].[HH].[HH].[HH].[HH].[HH].[HH].c1ccc2c(c1)ccc1cccc(N(c3ccc(-c4cccc5c4oc4ccccc45)cc3)c3ccc(-n4c5ccccc5c5ccccc54)cc3)c12.c1ccc2c(c1)oc1c(-c3ccc(Nc4ccc(-n5c6ccccc6c6ccccc65)cc4)cc3)cccc12. The van der Waals surface area contributed by atoms with Crippen LogP contribution in [-0.2, 0) is 0 Å². The molecule has 0 spiro atoms. The highest BCUT2D eigenvalue weighted by molar-refractivity contribution is 8.18. The van der Waals surface area contributed by atoms with Gasteiger partial charge in [0.1, 0.15) is 22.3 Å². The Bertz CT molecular complexity index is 6500. The number of benzene rings is 15. The summed E-state index contributed by atoms with van der Waals surface area (Å²) in [6, 6.07) is 119. The van der Waals surface area contributed by atoms with Crippen molar-refractivity contribution in [1.82, 2.24) is 9.13 Å². The fourth-order valence-electron chi connectivity index (χ4n) is 16.6. The van der Waals surface area contributed by atoms with Gasteiger partial charge in [-0.25, -0.2) is 0 Å². The van der Waals surface area contributed by atoms with E-state index in [0.717, 1.165) is 106 Å². The Kier molecular flexibility index (Phi) is 20.5. The molecule has 15 aromatic carbocycles. The molecule has 4 aromatic heterocycles. The standard InChI is InChI=1S/C50H32N2O.C36H24N2O.B19.10H2/c1-2-13-39-33(11-1)23-24-35-12-9-21-47(49(35)39)51(36-27-25-34(26-28-36)40-17-10-18-44-43-16-5-8-22-48(43)53-50(40)44)37-29-31-38(32-30-37)52-45-19-6-3-14-41(45)42-15-4-7-20-46(42)52;1-4-13-33-29(8-1)30-9-2-5-14-34(30)38(33)27-22-20-26(21-23-27)37-25-18-16-24(17-19-25)28-11-7-12-32-31-10-3-6-15-35(31)39-36(28)32;1-11-16(10)19(17(12(2)3)13(4)5)18(14(6)7)15(8)9;;;;;;;;;;/h1-32H;1-23,37H;;10*1H. The first-order valence-electron chi connectivity index (χ1n) is 37.3. The van der Waals surface area contributed by atoms with Gasteiger partial charge < -0.3 is 28.2 Å². The molecule has 19 rings (SSSR count). The lowest BCUT2D eigenvalue weighted by atomic mass is 8.40. The lowest BCUT2D eigenvalue weighted by Crippen LogP contribution is -2.79. The smallest absolute Gasteiger partial charge is 0.143 e. The summed E-state index contributed by atoms with van der Waals surface area (Å²) in [5.74, 6) is 0. The van der Waals surface area contributed by atoms with E-state index in [1.807, 2.05) is 24.3 Å². The van der Waals surface area contributed by atoms with Crippen LogP contribution in [0.5, 0.6) is 0 Å². The number of nitrogens with zero attached hydrogens (tertiary/aromatic N) is 3. The summed E-state index contributed by atoms with van der Waals surface area (Å²) in [4.78, 5) is 2.40. The molecule has 509 valence electrons. The summed E-state index contributed by atoms with van der Waals surface area (Å²) >= 11 is 0. The summed E-state index contributed by atoms with van der Waals surface area (Å²) < 4.78 is 17.4. The van der Waals surface area contributed by atoms with Gasteiger partial charge in [0.25, 0.3) is 0 Å². The first-order chi connectivity index (χ1) is 54.3. The molecule has 0 bridgehead atoms. The molecule has 4 heterocycles. The van der Waals surface area contributed by atoms with Crippen LogP contribution in [0.2, 0.25) is 0 Å². The molecule has 0 saturated carbocycles. The number of hydrogen-bond acceptors (Lipinski definition) is 4. The van der Waals surface area contributed by atoms with Crippen LogP contribution in [0.1, 0.15) is 14.3 Å². The fourth-order valence-corrected chi connectivity index (χ4v) is 16.6. The molecular weight excluding hydrogens is 1330 g/mol. The maximum absolute atomic E-state index is 6.43. The minimum Gasteiger partial charge on any atom is -0.455 e. The van der Waals surface area contributed by atoms with Crippen molar-refractivity contribution in [2.24, 2.45) is 0 Å². The largest absolute Gasteiger partial charge is 0.455 e. The van der Waals surface area contributed by atoms with Crippen molar-refractivity contribution >= 4 is 273 Å². The lowest BCUT2D eigenvalue weighted by molar-refractivity contribution is 0.669. The van der Waals surface area contributed by atoms with E-state index in [1.165, 1.54) is 72.2 Å². The van der Waals surface area contributed by atoms with Gasteiger partial charge in [-0.2, -0.15) is 0 Å². The summed E-state index contributed by atoms with van der Waals surface area (Å²) in [5.41, 5.74) is 20.6. The zero-order valence-electron chi connectivity index (χ0n) is 60.9. The Balaban J connectivity index is 0.000000264. The number of anilines is 5. The average Bonchev–Trinajstić information content (AvgIpc) is 1.73. The van der Waals surface area contributed by atoms with E-state index >= 15 is 0 Å². The average molecular weight is 1400 g/mol. The molecule has 19 aromatic rings. The molecule has 0 atom stereocenters. The van der Waals surface area contributed by atoms with Crippen molar-refractivity contribution in [2.75, 3.05) is 10.2 Å². The van der Waals surface area contributed by atoms with E-state index in [0.29, 0.717) is 0 Å². The molecule has 21 radical (unpaired) electrons. The summed E-state index contributed by atoms with van der Waals surface area (Å²) in [6.45, 7) is 0. The minimum absolute atomic E-state index is 0. The van der Waals surface area contributed by atoms with Crippen LogP contribution in [0.15, 0.2) is 342 Å². The number of para-hydroxylation sites is 8. The number of rotatable bonds is 17. The molecule has 0 saturated heterocycles. The van der Waals surface area contributed by atoms with Crippen LogP contribution in [0, 0.1) is 0 Å². The highest BCUT2D eigenvalue weighted by atomic mass is 16.3. The van der Waals surface area contributed by atoms with Crippen molar-refractivity contribution < 1.29 is 23.1 Å². The van der Waals surface area contributed by atoms with Gasteiger partial charge in [-0.05, 0) is 143 Å². The van der Waals surface area contributed by atoms with Gasteiger partial charge in [-0.1, -0.05) is 218 Å². The van der Waals surface area contributed by atoms with Crippen molar-refractivity contribution in [3.63, 3.8) is 0 Å². The molecular formula is C86H76B19N4O2. The molecule has 0 aliphatic rings. The molecule has 0 amide bonds. The van der Waals surface area contributed by atoms with Crippen molar-refractivity contribution in [2.45, 2.75) is 0 Å². The van der Waals surface area contributed by atoms with Gasteiger partial charge in [-0.3, -0.25) is 0 Å². The number of nitrogens with one attached hydrogen (secondary N) is 1. The maximum atomic E-state index is 6.43. The normalized spacial score (nSPS) is 11.2. The molecule has 0 fully saturated rings. The van der Waals surface area contributed by atoms with Crippen molar-refractivity contribution in [3.05, 3.63) is 334 Å². The quantitative estimate of drug-likeness (QED) is 0.0729. The van der Waals surface area contributed by atoms with Crippen LogP contribution >= 0.6 is 0 Å². The van der Waals surface area contributed by atoms with E-state index < -0.39 is 51.1 Å². The van der Waals surface area contributed by atoms with Gasteiger partial charge in [0, 0.05) is 244 Å². The van der Waals surface area contributed by atoms with E-state index in [2.05, 4.69) is 329 Å². The van der Waals surface area contributed by atoms with E-state index in [9.17, 15) is 0 Å². The summed E-state index contributed by atoms with van der Waals surface area (Å²) in [5, 5.41) is 18.1. The Morgan fingerprint density at radius 1 is 0.306 bits per heavy atom. The van der Waals surface area contributed by atoms with Crippen LogP contribution in [0.4, 0.5) is 28.4 Å². The highest BCUT2D eigenvalue weighted by Crippen LogP contribution is 2.45. The number of hydrogen-bond donors (Lipinski definition) is 1. The van der Waals surface area contributed by atoms with Crippen molar-refractivity contribution in [1.29, 1.82) is 0 Å². The third-order valence-electron chi connectivity index (χ3n) is 21.7. The monoisotopic (exact) mass is 1410 g/mol. The molecule has 0 unspecified atom stereocenters. The molecule has 6 nitrogen and oxygen atoms in total. The molecule has 111 heavy (non-hydrogen) atoms. The molecule has 0 aliphatic carbocycles. The lowest BCUT2D eigenvalue weighted by Gasteiger charge is -2.41. The Hall–Kier alpha value is -11.1. The second-order valence-electron chi connectivity index (χ2n) is 28.4. The molecule has 0 aliphatic heterocycles. The highest BCUT2D eigenvalue weighted by Gasteiger charge is 2.43. The first kappa shape index (κ1) is 72.7. The minimum atomic E-state index is -0.837. The van der Waals surface area contributed by atoms with Gasteiger partial charge in [0.05, 0.1) is 27.8 Å². The van der Waals surface area contributed by atoms with Crippen LogP contribution in [0.3, 0.4) is 0 Å².